The Hall–Kier alpha value is -2.15. The molecule has 10 unspecified atom stereocenters. The molecule has 3 fully saturated rings. The molecule has 1 aromatic heterocycles. The smallest absolute Gasteiger partial charge is 0.311 e. The Morgan fingerprint density at radius 1 is 0.985 bits per heavy atom. The van der Waals surface area contributed by atoms with Gasteiger partial charge in [-0.15, -0.1) is 0 Å². The minimum Gasteiger partial charge on any atom is -0.459 e. The molecular formula is C45H81N5O14S. The van der Waals surface area contributed by atoms with Crippen molar-refractivity contribution in [3.8, 4) is 0 Å². The Morgan fingerprint density at radius 3 is 2.23 bits per heavy atom. The van der Waals surface area contributed by atoms with Gasteiger partial charge in [-0.05, 0) is 105 Å². The minimum absolute atomic E-state index is 0.0160. The van der Waals surface area contributed by atoms with Crippen molar-refractivity contribution in [2.45, 2.75) is 198 Å². The van der Waals surface area contributed by atoms with Crippen LogP contribution in [0.4, 0.5) is 5.69 Å². The lowest BCUT2D eigenvalue weighted by molar-refractivity contribution is -0.336. The van der Waals surface area contributed by atoms with E-state index in [1.54, 1.807) is 55.4 Å². The Labute approximate surface area is 386 Å². The van der Waals surface area contributed by atoms with Crippen LogP contribution in [-0.4, -0.2) is 173 Å². The number of anilines is 1. The number of nitrogens with zero attached hydrogens (tertiary/aromatic N) is 2. The number of carbonyl (C=O) groups excluding carboxylic acids is 1. The fourth-order valence-electron chi connectivity index (χ4n) is 9.87. The largest absolute Gasteiger partial charge is 0.459 e. The molecule has 0 saturated carbocycles. The van der Waals surface area contributed by atoms with Gasteiger partial charge in [0.1, 0.15) is 35.1 Å². The number of aromatic nitrogens is 1. The molecule has 0 radical (unpaired) electrons. The van der Waals surface area contributed by atoms with Gasteiger partial charge in [0.2, 0.25) is 0 Å². The van der Waals surface area contributed by atoms with Gasteiger partial charge in [-0.2, -0.15) is 12.7 Å². The molecule has 3 aliphatic rings. The third-order valence-electron chi connectivity index (χ3n) is 14.1. The molecule has 0 spiro atoms. The molecule has 18 atom stereocenters. The van der Waals surface area contributed by atoms with Crippen molar-refractivity contribution in [3.63, 3.8) is 0 Å². The van der Waals surface area contributed by atoms with Gasteiger partial charge in [-0.25, -0.2) is 0 Å². The van der Waals surface area contributed by atoms with Crippen molar-refractivity contribution in [1.29, 1.82) is 0 Å². The predicted molar refractivity (Wildman–Crippen MR) is 243 cm³/mol. The summed E-state index contributed by atoms with van der Waals surface area (Å²) in [4.78, 5) is 18.4. The summed E-state index contributed by atoms with van der Waals surface area (Å²) in [6.45, 7) is 20.0. The molecule has 4 heterocycles. The number of rotatable bonds is 14. The molecule has 0 bridgehead atoms. The number of carbonyl (C=O) groups is 1. The topological polar surface area (TPSA) is 260 Å². The molecule has 0 aromatic carbocycles. The van der Waals surface area contributed by atoms with Gasteiger partial charge in [0, 0.05) is 51.5 Å². The first kappa shape index (κ1) is 55.4. The number of likely N-dealkylation sites (N-methyl/N-ethyl adjacent to an activating group) is 1. The quantitative estimate of drug-likeness (QED) is 0.0981. The maximum Gasteiger partial charge on any atom is 0.311 e. The van der Waals surface area contributed by atoms with Gasteiger partial charge >= 0.3 is 16.2 Å². The number of hydrogen-bond donors (Lipinski definition) is 8. The first-order valence-electron chi connectivity index (χ1n) is 23.2. The van der Waals surface area contributed by atoms with Crippen LogP contribution in [0.5, 0.6) is 0 Å². The lowest BCUT2D eigenvalue weighted by Crippen LogP contribution is -2.70. The summed E-state index contributed by atoms with van der Waals surface area (Å²) >= 11 is 0. The minimum atomic E-state index is -4.22. The summed E-state index contributed by atoms with van der Waals surface area (Å²) in [6.07, 6.45) is -6.49. The van der Waals surface area contributed by atoms with E-state index in [1.807, 2.05) is 13.8 Å². The Balaban J connectivity index is 1.80. The zero-order valence-corrected chi connectivity index (χ0v) is 41.6. The first-order valence-corrected chi connectivity index (χ1v) is 24.6. The van der Waals surface area contributed by atoms with Crippen molar-refractivity contribution in [1.82, 2.24) is 19.9 Å². The second kappa shape index (κ2) is 22.5. The third kappa shape index (κ3) is 12.7. The molecule has 20 heteroatoms. The molecule has 0 amide bonds. The highest BCUT2D eigenvalue weighted by molar-refractivity contribution is 7.90. The Kier molecular flexibility index (Phi) is 19.2. The monoisotopic (exact) mass is 948 g/mol. The highest BCUT2D eigenvalue weighted by Gasteiger charge is 2.58. The van der Waals surface area contributed by atoms with Crippen LogP contribution in [0, 0.1) is 17.8 Å². The number of aliphatic hydroxyl groups excluding tert-OH is 2. The number of nitrogens with one attached hydrogen (secondary N) is 3. The summed E-state index contributed by atoms with van der Waals surface area (Å²) in [5.41, 5.74) is -6.07. The van der Waals surface area contributed by atoms with Gasteiger partial charge in [-0.3, -0.25) is 14.5 Å². The van der Waals surface area contributed by atoms with E-state index in [0.29, 0.717) is 6.54 Å². The molecule has 8 N–H and O–H groups in total. The van der Waals surface area contributed by atoms with Gasteiger partial charge < -0.3 is 64.6 Å². The van der Waals surface area contributed by atoms with E-state index in [1.165, 1.54) is 45.6 Å². The molecule has 65 heavy (non-hydrogen) atoms. The van der Waals surface area contributed by atoms with Gasteiger partial charge in [0.15, 0.2) is 12.6 Å². The van der Waals surface area contributed by atoms with Crippen LogP contribution in [0.1, 0.15) is 108 Å². The standard InChI is InChI=1S/C45H81N5O14S/c1-14-18-47-25-45(56)31(8)61-35(23-43(45,10)59-13)63-37-28(5)39(64-41-36(51)33(21-27(4)60-41)50(12)65(57,58)49-32-16-19-46-20-17-32)42(9,54)22-26(3)24-48-30(7)38(52)44(11,55)34(15-2)62-40(53)29(37)6/h16-17,19-20,26-31,33-39,41,47-48,51-52,54-56H,14-15,18,21-25H2,1-13H3,(H,46,49)/t26?,27-,28?,29?,30?,31+,33+,34?,35+,36-,37?,38?,39?,41+,42?,43-,44?,45+/m1/s1. The number of cyclic esters (lactones) is 1. The number of esters is 1. The average Bonchev–Trinajstić information content (AvgIpc) is 3.24. The number of ether oxygens (including phenoxy) is 6. The van der Waals surface area contributed by atoms with Crippen LogP contribution in [-0.2, 0) is 43.4 Å². The maximum absolute atomic E-state index is 14.5. The fourth-order valence-corrected chi connectivity index (χ4v) is 11.0. The number of methoxy groups -OCH3 is 1. The van der Waals surface area contributed by atoms with Gasteiger partial charge in [0.05, 0.1) is 47.7 Å². The summed E-state index contributed by atoms with van der Waals surface area (Å²) in [5, 5.41) is 66.6. The predicted octanol–water partition coefficient (Wildman–Crippen LogP) is 2.05. The summed E-state index contributed by atoms with van der Waals surface area (Å²) in [6, 6.07) is 1.28. The van der Waals surface area contributed by atoms with Gasteiger partial charge in [-0.1, -0.05) is 27.7 Å². The van der Waals surface area contributed by atoms with Crippen LogP contribution in [0.3, 0.4) is 0 Å². The highest BCUT2D eigenvalue weighted by Crippen LogP contribution is 2.43. The molecule has 4 rings (SSSR count). The molecule has 1 aromatic rings. The summed E-state index contributed by atoms with van der Waals surface area (Å²) in [5.74, 6) is -3.15. The van der Waals surface area contributed by atoms with Crippen molar-refractivity contribution in [2.75, 3.05) is 38.5 Å². The first-order chi connectivity index (χ1) is 30.2. The van der Waals surface area contributed by atoms with E-state index in [2.05, 4.69) is 20.3 Å². The zero-order valence-electron chi connectivity index (χ0n) is 40.8. The van der Waals surface area contributed by atoms with Gasteiger partial charge in [0.25, 0.3) is 0 Å². The van der Waals surface area contributed by atoms with E-state index in [0.717, 1.165) is 10.7 Å². The second-order valence-corrected chi connectivity index (χ2v) is 21.3. The van der Waals surface area contributed by atoms with Crippen LogP contribution in [0.2, 0.25) is 0 Å². The van der Waals surface area contributed by atoms with E-state index >= 15 is 0 Å². The van der Waals surface area contributed by atoms with Crippen LogP contribution in [0.15, 0.2) is 24.5 Å². The van der Waals surface area contributed by atoms with Crippen molar-refractivity contribution < 1.29 is 67.2 Å². The molecule has 0 aliphatic carbocycles. The van der Waals surface area contributed by atoms with E-state index in [9.17, 15) is 38.7 Å². The third-order valence-corrected chi connectivity index (χ3v) is 15.6. The molecule has 3 saturated heterocycles. The highest BCUT2D eigenvalue weighted by atomic mass is 32.2. The number of pyridine rings is 1. The fraction of sp³-hybridized carbons (Fsp3) is 0.867. The lowest BCUT2D eigenvalue weighted by Gasteiger charge is -2.53. The zero-order chi connectivity index (χ0) is 48.9. The van der Waals surface area contributed by atoms with Crippen molar-refractivity contribution in [3.05, 3.63) is 24.5 Å². The molecule has 19 nitrogen and oxygen atoms in total. The van der Waals surface area contributed by atoms with E-state index in [-0.39, 0.29) is 50.4 Å². The summed E-state index contributed by atoms with van der Waals surface area (Å²) < 4.78 is 69.2. The van der Waals surface area contributed by atoms with Crippen LogP contribution in [0.25, 0.3) is 0 Å². The number of hydrogen-bond acceptors (Lipinski definition) is 17. The van der Waals surface area contributed by atoms with Crippen LogP contribution < -0.4 is 15.4 Å². The van der Waals surface area contributed by atoms with Crippen LogP contribution >= 0.6 is 0 Å². The normalized spacial score (nSPS) is 43.0. The van der Waals surface area contributed by atoms with Crippen molar-refractivity contribution >= 4 is 21.9 Å². The van der Waals surface area contributed by atoms with E-state index in [4.69, 9.17) is 28.4 Å². The number of aliphatic hydroxyl groups is 5. The average molecular weight is 948 g/mol. The summed E-state index contributed by atoms with van der Waals surface area (Å²) in [7, 11) is -1.38. The molecule has 3 aliphatic heterocycles. The van der Waals surface area contributed by atoms with E-state index < -0.39 is 118 Å². The molecular weight excluding hydrogens is 867 g/mol. The SMILES string of the molecule is CCCNC[C@]1(O)[C@H](C)O[C@@H](OC2C(C)C(=O)OC(CC)C(C)(O)C(O)C(C)NCC(C)CC(C)(O)C(O[C@@H]3O[C@H](C)C[C@H](N(C)S(=O)(=O)Nc4ccncc4)[C@H]3O)C2C)C[C@@]1(C)OC. The molecule has 376 valence electrons. The maximum atomic E-state index is 14.5. The lowest BCUT2D eigenvalue weighted by atomic mass is 9.75. The Morgan fingerprint density at radius 2 is 1.63 bits per heavy atom. The second-order valence-electron chi connectivity index (χ2n) is 19.6. The van der Waals surface area contributed by atoms with Crippen molar-refractivity contribution in [2.24, 2.45) is 17.8 Å². The Bertz CT molecular complexity index is 1770.